The summed E-state index contributed by atoms with van der Waals surface area (Å²) in [6, 6.07) is 8.87. The van der Waals surface area contributed by atoms with Gasteiger partial charge in [0.1, 0.15) is 0 Å². The first-order valence-electron chi connectivity index (χ1n) is 5.84. The van der Waals surface area contributed by atoms with Crippen LogP contribution in [0.1, 0.15) is 38.8 Å². The molecule has 0 aliphatic rings. The minimum Gasteiger partial charge on any atom is -0.312 e. The van der Waals surface area contributed by atoms with Gasteiger partial charge in [-0.2, -0.15) is 0 Å². The first-order chi connectivity index (χ1) is 7.01. The SMILES string of the molecule is CCc1cccc(CCNC(C)(C)C)c1. The summed E-state index contributed by atoms with van der Waals surface area (Å²) in [6.07, 6.45) is 2.24. The predicted octanol–water partition coefficient (Wildman–Crippen LogP) is 3.18. The number of rotatable bonds is 4. The minimum absolute atomic E-state index is 0.225. The maximum atomic E-state index is 3.51. The molecule has 0 spiro atoms. The largest absolute Gasteiger partial charge is 0.312 e. The highest BCUT2D eigenvalue weighted by molar-refractivity contribution is 5.23. The molecule has 0 aliphatic carbocycles. The van der Waals surface area contributed by atoms with Gasteiger partial charge in [0.25, 0.3) is 0 Å². The van der Waals surface area contributed by atoms with Crippen LogP contribution < -0.4 is 5.32 Å². The van der Waals surface area contributed by atoms with Crippen molar-refractivity contribution in [3.63, 3.8) is 0 Å². The predicted molar refractivity (Wildman–Crippen MR) is 67.3 cm³/mol. The van der Waals surface area contributed by atoms with E-state index in [1.165, 1.54) is 11.1 Å². The third-order valence-electron chi connectivity index (χ3n) is 2.47. The Labute approximate surface area is 93.9 Å². The highest BCUT2D eigenvalue weighted by Gasteiger charge is 2.07. The van der Waals surface area contributed by atoms with E-state index in [0.717, 1.165) is 19.4 Å². The van der Waals surface area contributed by atoms with E-state index in [1.807, 2.05) is 0 Å². The van der Waals surface area contributed by atoms with Crippen molar-refractivity contribution in [3.05, 3.63) is 35.4 Å². The van der Waals surface area contributed by atoms with Crippen molar-refractivity contribution < 1.29 is 0 Å². The lowest BCUT2D eigenvalue weighted by Crippen LogP contribution is -2.37. The highest BCUT2D eigenvalue weighted by atomic mass is 14.9. The molecule has 84 valence electrons. The number of benzene rings is 1. The van der Waals surface area contributed by atoms with Gasteiger partial charge in [-0.25, -0.2) is 0 Å². The normalized spacial score (nSPS) is 11.7. The summed E-state index contributed by atoms with van der Waals surface area (Å²) in [5, 5.41) is 3.51. The van der Waals surface area contributed by atoms with Gasteiger partial charge in [0.15, 0.2) is 0 Å². The molecule has 15 heavy (non-hydrogen) atoms. The fraction of sp³-hybridized carbons (Fsp3) is 0.571. The molecule has 1 aromatic carbocycles. The molecule has 0 saturated heterocycles. The molecule has 1 aromatic rings. The molecule has 0 aromatic heterocycles. The van der Waals surface area contributed by atoms with Crippen LogP contribution in [-0.2, 0) is 12.8 Å². The van der Waals surface area contributed by atoms with E-state index in [4.69, 9.17) is 0 Å². The molecule has 0 amide bonds. The third kappa shape index (κ3) is 4.98. The number of nitrogens with one attached hydrogen (secondary N) is 1. The van der Waals surface area contributed by atoms with Crippen LogP contribution in [0.4, 0.5) is 0 Å². The average Bonchev–Trinajstić information content (AvgIpc) is 2.16. The van der Waals surface area contributed by atoms with Crippen LogP contribution in [0.2, 0.25) is 0 Å². The van der Waals surface area contributed by atoms with Gasteiger partial charge in [0, 0.05) is 5.54 Å². The summed E-state index contributed by atoms with van der Waals surface area (Å²) in [6.45, 7) is 9.86. The van der Waals surface area contributed by atoms with Crippen LogP contribution in [0.25, 0.3) is 0 Å². The van der Waals surface area contributed by atoms with Crippen molar-refractivity contribution in [2.75, 3.05) is 6.54 Å². The zero-order chi connectivity index (χ0) is 11.3. The second kappa shape index (κ2) is 5.32. The van der Waals surface area contributed by atoms with E-state index in [0.29, 0.717) is 0 Å². The lowest BCUT2D eigenvalue weighted by Gasteiger charge is -2.20. The fourth-order valence-electron chi connectivity index (χ4n) is 1.59. The van der Waals surface area contributed by atoms with Crippen LogP contribution in [0.3, 0.4) is 0 Å². The van der Waals surface area contributed by atoms with Crippen molar-refractivity contribution in [1.82, 2.24) is 5.32 Å². The monoisotopic (exact) mass is 205 g/mol. The Morgan fingerprint density at radius 2 is 1.80 bits per heavy atom. The molecule has 0 bridgehead atoms. The lowest BCUT2D eigenvalue weighted by molar-refractivity contribution is 0.429. The molecule has 0 radical (unpaired) electrons. The van der Waals surface area contributed by atoms with E-state index >= 15 is 0 Å². The fourth-order valence-corrected chi connectivity index (χ4v) is 1.59. The summed E-state index contributed by atoms with van der Waals surface area (Å²) >= 11 is 0. The molecule has 0 unspecified atom stereocenters. The van der Waals surface area contributed by atoms with Crippen molar-refractivity contribution in [3.8, 4) is 0 Å². The number of hydrogen-bond donors (Lipinski definition) is 1. The Bertz CT molecular complexity index is 296. The third-order valence-corrected chi connectivity index (χ3v) is 2.47. The Morgan fingerprint density at radius 1 is 1.13 bits per heavy atom. The lowest BCUT2D eigenvalue weighted by atomic mass is 10.1. The summed E-state index contributed by atoms with van der Waals surface area (Å²) in [5.74, 6) is 0. The Kier molecular flexibility index (Phi) is 4.34. The minimum atomic E-state index is 0.225. The van der Waals surface area contributed by atoms with Crippen molar-refractivity contribution in [2.45, 2.75) is 46.1 Å². The van der Waals surface area contributed by atoms with Gasteiger partial charge in [-0.15, -0.1) is 0 Å². The van der Waals surface area contributed by atoms with Gasteiger partial charge < -0.3 is 5.32 Å². The molecule has 0 atom stereocenters. The number of aryl methyl sites for hydroxylation is 1. The average molecular weight is 205 g/mol. The first kappa shape index (κ1) is 12.3. The molecule has 1 rings (SSSR count). The van der Waals surface area contributed by atoms with E-state index in [9.17, 15) is 0 Å². The van der Waals surface area contributed by atoms with E-state index in [1.54, 1.807) is 0 Å². The molecular weight excluding hydrogens is 182 g/mol. The zero-order valence-corrected chi connectivity index (χ0v) is 10.4. The first-order valence-corrected chi connectivity index (χ1v) is 5.84. The highest BCUT2D eigenvalue weighted by Crippen LogP contribution is 2.07. The van der Waals surface area contributed by atoms with Crippen LogP contribution in [-0.4, -0.2) is 12.1 Å². The Hall–Kier alpha value is -0.820. The van der Waals surface area contributed by atoms with Gasteiger partial charge in [0.2, 0.25) is 0 Å². The van der Waals surface area contributed by atoms with Gasteiger partial charge in [-0.3, -0.25) is 0 Å². The summed E-state index contributed by atoms with van der Waals surface area (Å²) in [7, 11) is 0. The molecule has 0 fully saturated rings. The van der Waals surface area contributed by atoms with Gasteiger partial charge in [0.05, 0.1) is 0 Å². The molecule has 1 heteroatoms. The standard InChI is InChI=1S/C14H23N/c1-5-12-7-6-8-13(11-12)9-10-15-14(2,3)4/h6-8,11,15H,5,9-10H2,1-4H3. The molecule has 1 N–H and O–H groups in total. The van der Waals surface area contributed by atoms with Crippen LogP contribution in [0, 0.1) is 0 Å². The van der Waals surface area contributed by atoms with Crippen molar-refractivity contribution in [2.24, 2.45) is 0 Å². The van der Waals surface area contributed by atoms with Crippen molar-refractivity contribution >= 4 is 0 Å². The van der Waals surface area contributed by atoms with Gasteiger partial charge in [-0.05, 0) is 51.3 Å². The molecule has 0 aliphatic heterocycles. The Balaban J connectivity index is 2.44. The van der Waals surface area contributed by atoms with Crippen LogP contribution in [0.5, 0.6) is 0 Å². The number of hydrogen-bond acceptors (Lipinski definition) is 1. The zero-order valence-electron chi connectivity index (χ0n) is 10.4. The Morgan fingerprint density at radius 3 is 2.40 bits per heavy atom. The molecule has 0 saturated carbocycles. The quantitative estimate of drug-likeness (QED) is 0.796. The van der Waals surface area contributed by atoms with E-state index < -0.39 is 0 Å². The van der Waals surface area contributed by atoms with Crippen molar-refractivity contribution in [1.29, 1.82) is 0 Å². The maximum absolute atomic E-state index is 3.51. The van der Waals surface area contributed by atoms with Crippen LogP contribution >= 0.6 is 0 Å². The molecular formula is C14H23N. The van der Waals surface area contributed by atoms with Gasteiger partial charge in [-0.1, -0.05) is 31.2 Å². The molecule has 1 nitrogen and oxygen atoms in total. The maximum Gasteiger partial charge on any atom is 0.00966 e. The van der Waals surface area contributed by atoms with Crippen LogP contribution in [0.15, 0.2) is 24.3 Å². The second-order valence-electron chi connectivity index (χ2n) is 5.10. The van der Waals surface area contributed by atoms with Gasteiger partial charge >= 0.3 is 0 Å². The smallest absolute Gasteiger partial charge is 0.00966 e. The summed E-state index contributed by atoms with van der Waals surface area (Å²) in [4.78, 5) is 0. The topological polar surface area (TPSA) is 12.0 Å². The van der Waals surface area contributed by atoms with E-state index in [2.05, 4.69) is 57.3 Å². The second-order valence-corrected chi connectivity index (χ2v) is 5.10. The summed E-state index contributed by atoms with van der Waals surface area (Å²) < 4.78 is 0. The van der Waals surface area contributed by atoms with E-state index in [-0.39, 0.29) is 5.54 Å². The molecule has 0 heterocycles. The summed E-state index contributed by atoms with van der Waals surface area (Å²) in [5.41, 5.74) is 3.09.